The van der Waals surface area contributed by atoms with Crippen LogP contribution in [0, 0.1) is 20.8 Å². The maximum absolute atomic E-state index is 5.93. The van der Waals surface area contributed by atoms with Gasteiger partial charge < -0.3 is 0 Å². The van der Waals surface area contributed by atoms with E-state index in [1.165, 1.54) is 5.56 Å². The average molecular weight is 205 g/mol. The molecule has 0 aliphatic heterocycles. The van der Waals surface area contributed by atoms with Crippen LogP contribution in [0.1, 0.15) is 16.7 Å². The van der Waals surface area contributed by atoms with Crippen LogP contribution in [0.5, 0.6) is 0 Å². The highest BCUT2D eigenvalue weighted by Gasteiger charge is 2.03. The van der Waals surface area contributed by atoms with Gasteiger partial charge in [-0.1, -0.05) is 23.2 Å². The van der Waals surface area contributed by atoms with Gasteiger partial charge in [0, 0.05) is 5.39 Å². The van der Waals surface area contributed by atoms with Crippen LogP contribution in [0.3, 0.4) is 0 Å². The lowest BCUT2D eigenvalue weighted by Gasteiger charge is -2.05. The van der Waals surface area contributed by atoms with Gasteiger partial charge in [-0.2, -0.15) is 0 Å². The molecule has 1 radical (unpaired) electrons. The molecule has 1 heterocycles. The fraction of sp³-hybridized carbons (Fsp3) is 0.167. The van der Waals surface area contributed by atoms with Crippen LogP contribution >= 0.6 is 11.6 Å². The molecule has 0 fully saturated rings. The predicted octanol–water partition coefficient (Wildman–Crippen LogP) is 3.69. The fourth-order valence-corrected chi connectivity index (χ4v) is 1.81. The molecular formula is C12H11ClN. The molecule has 71 valence electrons. The molecule has 0 spiro atoms. The van der Waals surface area contributed by atoms with Gasteiger partial charge in [0.2, 0.25) is 0 Å². The van der Waals surface area contributed by atoms with E-state index in [4.69, 9.17) is 11.6 Å². The molecule has 0 atom stereocenters. The third-order valence-corrected chi connectivity index (χ3v) is 2.61. The predicted molar refractivity (Wildman–Crippen MR) is 60.7 cm³/mol. The molecule has 0 amide bonds. The fourth-order valence-electron chi connectivity index (χ4n) is 1.67. The van der Waals surface area contributed by atoms with Crippen LogP contribution in [0.2, 0.25) is 5.15 Å². The number of benzene rings is 1. The number of hydrogen-bond acceptors (Lipinski definition) is 1. The molecule has 0 unspecified atom stereocenters. The minimum Gasteiger partial charge on any atom is -0.236 e. The summed E-state index contributed by atoms with van der Waals surface area (Å²) in [5, 5.41) is 1.60. The van der Waals surface area contributed by atoms with Crippen LogP contribution in [0.25, 0.3) is 10.9 Å². The smallest absolute Gasteiger partial charge is 0.132 e. The number of nitrogens with zero attached hydrogens (tertiary/aromatic N) is 1. The Labute approximate surface area is 88.7 Å². The zero-order chi connectivity index (χ0) is 10.3. The molecule has 2 aromatic rings. The molecule has 0 aliphatic rings. The molecule has 0 saturated carbocycles. The molecule has 1 nitrogen and oxygen atoms in total. The summed E-state index contributed by atoms with van der Waals surface area (Å²) in [7, 11) is 0. The largest absolute Gasteiger partial charge is 0.236 e. The van der Waals surface area contributed by atoms with Crippen LogP contribution < -0.4 is 0 Å². The lowest BCUT2D eigenvalue weighted by Crippen LogP contribution is -1.88. The highest BCUT2D eigenvalue weighted by Crippen LogP contribution is 2.23. The Morgan fingerprint density at radius 2 is 1.93 bits per heavy atom. The van der Waals surface area contributed by atoms with E-state index in [1.54, 1.807) is 0 Å². The minimum absolute atomic E-state index is 0.490. The van der Waals surface area contributed by atoms with E-state index < -0.39 is 0 Å². The van der Waals surface area contributed by atoms with E-state index in [0.29, 0.717) is 5.15 Å². The lowest BCUT2D eigenvalue weighted by molar-refractivity contribution is 1.32. The number of aryl methyl sites for hydroxylation is 2. The number of rotatable bonds is 0. The van der Waals surface area contributed by atoms with Crippen molar-refractivity contribution in [3.05, 3.63) is 47.0 Å². The number of aromatic nitrogens is 1. The van der Waals surface area contributed by atoms with E-state index in [1.807, 2.05) is 13.0 Å². The second-order valence-electron chi connectivity index (χ2n) is 3.59. The Bertz CT molecular complexity index is 503. The molecular weight excluding hydrogens is 194 g/mol. The first kappa shape index (κ1) is 9.47. The average Bonchev–Trinajstić information content (AvgIpc) is 2.08. The van der Waals surface area contributed by atoms with Crippen molar-refractivity contribution in [1.29, 1.82) is 0 Å². The molecule has 1 aromatic carbocycles. The van der Waals surface area contributed by atoms with Crippen molar-refractivity contribution in [3.63, 3.8) is 0 Å². The molecule has 0 bridgehead atoms. The summed E-state index contributed by atoms with van der Waals surface area (Å²) < 4.78 is 0. The molecule has 1 aromatic heterocycles. The van der Waals surface area contributed by atoms with Gasteiger partial charge in [0.25, 0.3) is 0 Å². The van der Waals surface area contributed by atoms with Gasteiger partial charge in [0.05, 0.1) is 5.52 Å². The molecule has 0 N–H and O–H groups in total. The normalized spacial score (nSPS) is 10.9. The Hall–Kier alpha value is -1.08. The number of halogens is 1. The number of pyridine rings is 1. The van der Waals surface area contributed by atoms with Crippen molar-refractivity contribution in [1.82, 2.24) is 4.98 Å². The van der Waals surface area contributed by atoms with Gasteiger partial charge in [-0.25, -0.2) is 4.98 Å². The monoisotopic (exact) mass is 204 g/mol. The van der Waals surface area contributed by atoms with E-state index >= 15 is 0 Å². The quantitative estimate of drug-likeness (QED) is 0.597. The second-order valence-corrected chi connectivity index (χ2v) is 3.95. The molecule has 14 heavy (non-hydrogen) atoms. The molecule has 0 aliphatic carbocycles. The van der Waals surface area contributed by atoms with Gasteiger partial charge >= 0.3 is 0 Å². The molecule has 2 rings (SSSR count). The summed E-state index contributed by atoms with van der Waals surface area (Å²) in [5.41, 5.74) is 4.14. The van der Waals surface area contributed by atoms with Gasteiger partial charge in [-0.15, -0.1) is 0 Å². The summed E-state index contributed by atoms with van der Waals surface area (Å²) in [4.78, 5) is 4.32. The lowest BCUT2D eigenvalue weighted by atomic mass is 10.1. The van der Waals surface area contributed by atoms with Crippen molar-refractivity contribution in [3.8, 4) is 0 Å². The van der Waals surface area contributed by atoms with Crippen molar-refractivity contribution in [2.75, 3.05) is 0 Å². The van der Waals surface area contributed by atoms with Gasteiger partial charge in [0.1, 0.15) is 5.15 Å². The maximum atomic E-state index is 5.93. The topological polar surface area (TPSA) is 12.9 Å². The Morgan fingerprint density at radius 3 is 2.64 bits per heavy atom. The van der Waals surface area contributed by atoms with Crippen LogP contribution in [0.4, 0.5) is 0 Å². The van der Waals surface area contributed by atoms with Crippen molar-refractivity contribution >= 4 is 22.5 Å². The van der Waals surface area contributed by atoms with E-state index in [2.05, 4.69) is 31.0 Å². The highest BCUT2D eigenvalue weighted by molar-refractivity contribution is 6.30. The highest BCUT2D eigenvalue weighted by atomic mass is 35.5. The van der Waals surface area contributed by atoms with Crippen molar-refractivity contribution in [2.24, 2.45) is 0 Å². The van der Waals surface area contributed by atoms with Gasteiger partial charge in [-0.3, -0.25) is 0 Å². The van der Waals surface area contributed by atoms with E-state index in [-0.39, 0.29) is 0 Å². The summed E-state index contributed by atoms with van der Waals surface area (Å²) in [5.74, 6) is 0. The summed E-state index contributed by atoms with van der Waals surface area (Å²) in [6.07, 6.45) is 0. The molecule has 0 saturated heterocycles. The maximum Gasteiger partial charge on any atom is 0.132 e. The van der Waals surface area contributed by atoms with Gasteiger partial charge in [-0.05, 0) is 44.0 Å². The van der Waals surface area contributed by atoms with Crippen molar-refractivity contribution < 1.29 is 0 Å². The first-order valence-corrected chi connectivity index (χ1v) is 4.85. The first-order chi connectivity index (χ1) is 6.58. The summed E-state index contributed by atoms with van der Waals surface area (Å²) >= 11 is 5.93. The zero-order valence-electron chi connectivity index (χ0n) is 8.26. The number of hydrogen-bond donors (Lipinski definition) is 0. The Morgan fingerprint density at radius 1 is 1.21 bits per heavy atom. The van der Waals surface area contributed by atoms with E-state index in [0.717, 1.165) is 22.0 Å². The number of fused-ring (bicyclic) bond motifs is 1. The second kappa shape index (κ2) is 3.25. The SMILES string of the molecule is [CH2]c1cc2cc(C)cc(C)c2nc1Cl. The first-order valence-electron chi connectivity index (χ1n) is 4.47. The summed E-state index contributed by atoms with van der Waals surface area (Å²) in [6, 6.07) is 6.18. The third kappa shape index (κ3) is 1.48. The van der Waals surface area contributed by atoms with Crippen LogP contribution in [0.15, 0.2) is 18.2 Å². The molecule has 2 heteroatoms. The zero-order valence-corrected chi connectivity index (χ0v) is 9.02. The Balaban J connectivity index is 2.89. The minimum atomic E-state index is 0.490. The van der Waals surface area contributed by atoms with Crippen LogP contribution in [-0.2, 0) is 0 Å². The third-order valence-electron chi connectivity index (χ3n) is 2.28. The van der Waals surface area contributed by atoms with Crippen LogP contribution in [-0.4, -0.2) is 4.98 Å². The van der Waals surface area contributed by atoms with Crippen molar-refractivity contribution in [2.45, 2.75) is 13.8 Å². The van der Waals surface area contributed by atoms with E-state index in [9.17, 15) is 0 Å². The van der Waals surface area contributed by atoms with Gasteiger partial charge in [0.15, 0.2) is 0 Å². The Kier molecular flexibility index (Phi) is 2.20. The standard InChI is InChI=1S/C12H11ClN/c1-7-4-8(2)11-10(5-7)6-9(3)12(13)14-11/h4-6H,3H2,1-2H3. The summed E-state index contributed by atoms with van der Waals surface area (Å²) in [6.45, 7) is 7.95.